The molecular weight excluding hydrogens is 310 g/mol. The average molecular weight is 335 g/mol. The molecule has 23 heavy (non-hydrogen) atoms. The standard InChI is InChI=1S/C18H25NO3S/c20-16(21)13-14-6-10-19(11-7-14)17(22)18(8-2-1-3-9-18)15-5-4-12-23-15/h4-5,12,14H,1-3,6-11,13H2,(H,20,21). The molecule has 1 aromatic rings. The molecule has 2 fully saturated rings. The van der Waals surface area contributed by atoms with Crippen LogP contribution < -0.4 is 0 Å². The predicted molar refractivity (Wildman–Crippen MR) is 90.6 cm³/mol. The number of nitrogens with zero attached hydrogens (tertiary/aromatic N) is 1. The van der Waals surface area contributed by atoms with Crippen molar-refractivity contribution in [3.63, 3.8) is 0 Å². The van der Waals surface area contributed by atoms with Gasteiger partial charge in [0.25, 0.3) is 0 Å². The summed E-state index contributed by atoms with van der Waals surface area (Å²) in [7, 11) is 0. The Labute approximate surface area is 141 Å². The molecule has 0 bridgehead atoms. The molecule has 1 aliphatic heterocycles. The van der Waals surface area contributed by atoms with Gasteiger partial charge in [-0.2, -0.15) is 0 Å². The number of carboxylic acids is 1. The van der Waals surface area contributed by atoms with Crippen LogP contribution in [0.5, 0.6) is 0 Å². The molecule has 1 amide bonds. The second kappa shape index (κ2) is 7.04. The zero-order valence-corrected chi connectivity index (χ0v) is 14.3. The molecule has 0 atom stereocenters. The Morgan fingerprint density at radius 2 is 1.91 bits per heavy atom. The Morgan fingerprint density at radius 3 is 2.48 bits per heavy atom. The number of piperidine rings is 1. The maximum absolute atomic E-state index is 13.3. The van der Waals surface area contributed by atoms with Crippen LogP contribution >= 0.6 is 11.3 Å². The molecule has 1 N–H and O–H groups in total. The molecule has 3 rings (SSSR count). The fraction of sp³-hybridized carbons (Fsp3) is 0.667. The molecular formula is C18H25NO3S. The second-order valence-corrected chi connectivity index (χ2v) is 7.90. The minimum atomic E-state index is -0.725. The van der Waals surface area contributed by atoms with Crippen LogP contribution in [0.25, 0.3) is 0 Å². The van der Waals surface area contributed by atoms with E-state index < -0.39 is 5.97 Å². The highest BCUT2D eigenvalue weighted by Gasteiger charge is 2.44. The topological polar surface area (TPSA) is 57.6 Å². The van der Waals surface area contributed by atoms with Crippen LogP contribution in [0.1, 0.15) is 56.2 Å². The van der Waals surface area contributed by atoms with Crippen molar-refractivity contribution in [3.8, 4) is 0 Å². The lowest BCUT2D eigenvalue weighted by atomic mass is 9.71. The summed E-state index contributed by atoms with van der Waals surface area (Å²) >= 11 is 1.70. The highest BCUT2D eigenvalue weighted by molar-refractivity contribution is 7.10. The fourth-order valence-corrected chi connectivity index (χ4v) is 5.14. The van der Waals surface area contributed by atoms with Gasteiger partial charge in [0, 0.05) is 24.4 Å². The van der Waals surface area contributed by atoms with Crippen molar-refractivity contribution in [2.75, 3.05) is 13.1 Å². The third-order valence-corrected chi connectivity index (χ3v) is 6.55. The molecule has 2 aliphatic rings. The minimum absolute atomic E-state index is 0.223. The van der Waals surface area contributed by atoms with Crippen molar-refractivity contribution in [2.24, 2.45) is 5.92 Å². The first kappa shape index (κ1) is 16.5. The predicted octanol–water partition coefficient (Wildman–Crippen LogP) is 3.66. The first-order valence-corrected chi connectivity index (χ1v) is 9.55. The summed E-state index contributed by atoms with van der Waals surface area (Å²) in [4.78, 5) is 27.4. The number of hydrogen-bond donors (Lipinski definition) is 1. The summed E-state index contributed by atoms with van der Waals surface area (Å²) in [6.45, 7) is 1.42. The van der Waals surface area contributed by atoms with Gasteiger partial charge in [0.15, 0.2) is 0 Å². The number of aliphatic carboxylic acids is 1. The average Bonchev–Trinajstić information content (AvgIpc) is 3.10. The minimum Gasteiger partial charge on any atom is -0.481 e. The number of amides is 1. The van der Waals surface area contributed by atoms with Crippen molar-refractivity contribution in [3.05, 3.63) is 22.4 Å². The fourth-order valence-electron chi connectivity index (χ4n) is 4.16. The van der Waals surface area contributed by atoms with Crippen LogP contribution in [0.15, 0.2) is 17.5 Å². The van der Waals surface area contributed by atoms with Gasteiger partial charge < -0.3 is 10.0 Å². The first-order valence-electron chi connectivity index (χ1n) is 8.67. The Balaban J connectivity index is 1.71. The van der Waals surface area contributed by atoms with Gasteiger partial charge in [-0.25, -0.2) is 0 Å². The summed E-state index contributed by atoms with van der Waals surface area (Å²) in [5.74, 6) is -0.217. The van der Waals surface area contributed by atoms with E-state index in [4.69, 9.17) is 5.11 Å². The SMILES string of the molecule is O=C(O)CC1CCN(C(=O)C2(c3cccs3)CCCCC2)CC1. The van der Waals surface area contributed by atoms with E-state index in [1.54, 1.807) is 11.3 Å². The third kappa shape index (κ3) is 3.44. The van der Waals surface area contributed by atoms with E-state index in [1.165, 1.54) is 11.3 Å². The van der Waals surface area contributed by atoms with Gasteiger partial charge in [0.2, 0.25) is 5.91 Å². The third-order valence-electron chi connectivity index (χ3n) is 5.47. The highest BCUT2D eigenvalue weighted by atomic mass is 32.1. The quantitative estimate of drug-likeness (QED) is 0.913. The van der Waals surface area contributed by atoms with Crippen LogP contribution in [0.4, 0.5) is 0 Å². The molecule has 1 saturated heterocycles. The molecule has 1 saturated carbocycles. The summed E-state index contributed by atoms with van der Waals surface area (Å²) in [6, 6.07) is 4.16. The zero-order valence-electron chi connectivity index (χ0n) is 13.5. The number of rotatable bonds is 4. The zero-order chi connectivity index (χ0) is 16.3. The van der Waals surface area contributed by atoms with Gasteiger partial charge in [0.05, 0.1) is 5.41 Å². The van der Waals surface area contributed by atoms with Gasteiger partial charge in [-0.1, -0.05) is 25.3 Å². The number of carbonyl (C=O) groups is 2. The van der Waals surface area contributed by atoms with Gasteiger partial charge in [-0.05, 0) is 43.0 Å². The highest BCUT2D eigenvalue weighted by Crippen LogP contribution is 2.43. The van der Waals surface area contributed by atoms with E-state index in [-0.39, 0.29) is 23.7 Å². The van der Waals surface area contributed by atoms with E-state index in [9.17, 15) is 9.59 Å². The van der Waals surface area contributed by atoms with E-state index in [2.05, 4.69) is 11.4 Å². The normalized spacial score (nSPS) is 22.0. The largest absolute Gasteiger partial charge is 0.481 e. The molecule has 0 unspecified atom stereocenters. The van der Waals surface area contributed by atoms with Crippen LogP contribution in [0, 0.1) is 5.92 Å². The van der Waals surface area contributed by atoms with Crippen molar-refractivity contribution in [2.45, 2.75) is 56.8 Å². The maximum Gasteiger partial charge on any atom is 0.303 e. The number of hydrogen-bond acceptors (Lipinski definition) is 3. The summed E-state index contributed by atoms with van der Waals surface area (Å²) in [5, 5.41) is 11.0. The van der Waals surface area contributed by atoms with Crippen molar-refractivity contribution in [1.82, 2.24) is 4.90 Å². The lowest BCUT2D eigenvalue weighted by molar-refractivity contribution is -0.141. The van der Waals surface area contributed by atoms with Crippen molar-refractivity contribution < 1.29 is 14.7 Å². The first-order chi connectivity index (χ1) is 11.1. The van der Waals surface area contributed by atoms with Crippen molar-refractivity contribution in [1.29, 1.82) is 0 Å². The Bertz CT molecular complexity index is 541. The van der Waals surface area contributed by atoms with Gasteiger partial charge in [-0.3, -0.25) is 9.59 Å². The molecule has 0 radical (unpaired) electrons. The van der Waals surface area contributed by atoms with Crippen LogP contribution in [0.3, 0.4) is 0 Å². The Morgan fingerprint density at radius 1 is 1.22 bits per heavy atom. The molecule has 126 valence electrons. The smallest absolute Gasteiger partial charge is 0.303 e. The molecule has 5 heteroatoms. The number of thiophene rings is 1. The lowest BCUT2D eigenvalue weighted by Crippen LogP contribution is -2.50. The Kier molecular flexibility index (Phi) is 5.05. The lowest BCUT2D eigenvalue weighted by Gasteiger charge is -2.41. The van der Waals surface area contributed by atoms with E-state index in [1.807, 2.05) is 11.0 Å². The number of carbonyl (C=O) groups excluding carboxylic acids is 1. The molecule has 1 aliphatic carbocycles. The van der Waals surface area contributed by atoms with Gasteiger partial charge in [0.1, 0.15) is 0 Å². The maximum atomic E-state index is 13.3. The van der Waals surface area contributed by atoms with Crippen molar-refractivity contribution >= 4 is 23.2 Å². The summed E-state index contributed by atoms with van der Waals surface area (Å²) in [5.41, 5.74) is -0.313. The number of carboxylic acid groups (broad SMARTS) is 1. The van der Waals surface area contributed by atoms with Gasteiger partial charge >= 0.3 is 5.97 Å². The van der Waals surface area contributed by atoms with Crippen LogP contribution in [0.2, 0.25) is 0 Å². The molecule has 1 aromatic heterocycles. The van der Waals surface area contributed by atoms with E-state index in [0.29, 0.717) is 13.1 Å². The van der Waals surface area contributed by atoms with E-state index >= 15 is 0 Å². The molecule has 0 aromatic carbocycles. The van der Waals surface area contributed by atoms with Gasteiger partial charge in [-0.15, -0.1) is 11.3 Å². The van der Waals surface area contributed by atoms with E-state index in [0.717, 1.165) is 38.5 Å². The summed E-state index contributed by atoms with van der Waals surface area (Å²) in [6.07, 6.45) is 7.26. The molecule has 4 nitrogen and oxygen atoms in total. The number of likely N-dealkylation sites (tertiary alicyclic amines) is 1. The van der Waals surface area contributed by atoms with Crippen LogP contribution in [-0.4, -0.2) is 35.0 Å². The molecule has 0 spiro atoms. The second-order valence-electron chi connectivity index (χ2n) is 6.95. The Hall–Kier alpha value is -1.36. The summed E-state index contributed by atoms with van der Waals surface area (Å²) < 4.78 is 0. The molecule has 2 heterocycles. The monoisotopic (exact) mass is 335 g/mol. The van der Waals surface area contributed by atoms with Crippen LogP contribution in [-0.2, 0) is 15.0 Å².